The van der Waals surface area contributed by atoms with Gasteiger partial charge in [-0.05, 0) is 36.4 Å². The SMILES string of the molecule is O=C(Nc1nc(-c2ccc(S(=O)(=O)N3CCCCC3)cc2)cs1)c1cccs1. The average Bonchev–Trinajstić information content (AvgIpc) is 3.41. The van der Waals surface area contributed by atoms with Gasteiger partial charge in [0.1, 0.15) is 0 Å². The summed E-state index contributed by atoms with van der Waals surface area (Å²) in [5.41, 5.74) is 1.51. The second-order valence-corrected chi connectivity index (χ2v) is 10.2. The highest BCUT2D eigenvalue weighted by molar-refractivity contribution is 7.89. The molecule has 0 unspecified atom stereocenters. The van der Waals surface area contributed by atoms with Crippen LogP contribution in [0.5, 0.6) is 0 Å². The van der Waals surface area contributed by atoms with Crippen molar-refractivity contribution in [3.8, 4) is 11.3 Å². The molecule has 0 atom stereocenters. The van der Waals surface area contributed by atoms with E-state index in [4.69, 9.17) is 0 Å². The molecular weight excluding hydrogens is 414 g/mol. The fraction of sp³-hybridized carbons (Fsp3) is 0.263. The second-order valence-electron chi connectivity index (χ2n) is 6.46. The van der Waals surface area contributed by atoms with Gasteiger partial charge in [0.2, 0.25) is 10.0 Å². The highest BCUT2D eigenvalue weighted by Crippen LogP contribution is 2.28. The van der Waals surface area contributed by atoms with Gasteiger partial charge < -0.3 is 0 Å². The molecule has 9 heteroatoms. The Hall–Kier alpha value is -2.07. The van der Waals surface area contributed by atoms with Gasteiger partial charge in [-0.3, -0.25) is 10.1 Å². The molecule has 146 valence electrons. The summed E-state index contributed by atoms with van der Waals surface area (Å²) in [7, 11) is -3.44. The fourth-order valence-corrected chi connectivity index (χ4v) is 5.93. The number of rotatable bonds is 5. The summed E-state index contributed by atoms with van der Waals surface area (Å²) in [4.78, 5) is 17.5. The Labute approximate surface area is 171 Å². The Morgan fingerprint density at radius 3 is 2.46 bits per heavy atom. The van der Waals surface area contributed by atoms with Crippen LogP contribution in [0.3, 0.4) is 0 Å². The lowest BCUT2D eigenvalue weighted by Gasteiger charge is -2.25. The van der Waals surface area contributed by atoms with E-state index in [2.05, 4.69) is 10.3 Å². The Bertz CT molecular complexity index is 1050. The average molecular weight is 434 g/mol. The summed E-state index contributed by atoms with van der Waals surface area (Å²) >= 11 is 2.71. The van der Waals surface area contributed by atoms with Crippen molar-refractivity contribution in [2.75, 3.05) is 18.4 Å². The maximum atomic E-state index is 12.7. The van der Waals surface area contributed by atoms with Crippen molar-refractivity contribution in [3.05, 3.63) is 52.0 Å². The summed E-state index contributed by atoms with van der Waals surface area (Å²) in [6.07, 6.45) is 2.91. The first kappa shape index (κ1) is 19.3. The molecule has 3 aromatic rings. The van der Waals surface area contributed by atoms with Gasteiger partial charge in [-0.1, -0.05) is 24.6 Å². The molecule has 4 rings (SSSR count). The maximum Gasteiger partial charge on any atom is 0.267 e. The molecule has 2 aromatic heterocycles. The van der Waals surface area contributed by atoms with Crippen LogP contribution in [0.2, 0.25) is 0 Å². The van der Waals surface area contributed by atoms with Crippen LogP contribution in [0.25, 0.3) is 11.3 Å². The van der Waals surface area contributed by atoms with Gasteiger partial charge in [0.15, 0.2) is 5.13 Å². The molecule has 1 saturated heterocycles. The first-order valence-corrected chi connectivity index (χ1v) is 12.1. The molecule has 28 heavy (non-hydrogen) atoms. The minimum Gasteiger partial charge on any atom is -0.297 e. The number of carbonyl (C=O) groups is 1. The van der Waals surface area contributed by atoms with E-state index in [1.54, 1.807) is 34.6 Å². The van der Waals surface area contributed by atoms with E-state index < -0.39 is 10.0 Å². The Balaban J connectivity index is 1.48. The Kier molecular flexibility index (Phi) is 5.58. The van der Waals surface area contributed by atoms with Crippen LogP contribution in [0.15, 0.2) is 52.1 Å². The molecule has 1 amide bonds. The topological polar surface area (TPSA) is 79.4 Å². The Morgan fingerprint density at radius 1 is 1.04 bits per heavy atom. The van der Waals surface area contributed by atoms with E-state index in [1.165, 1.54) is 22.7 Å². The molecular formula is C19H19N3O3S3. The number of hydrogen-bond donors (Lipinski definition) is 1. The van der Waals surface area contributed by atoms with Crippen molar-refractivity contribution < 1.29 is 13.2 Å². The van der Waals surface area contributed by atoms with Gasteiger partial charge in [0, 0.05) is 24.0 Å². The van der Waals surface area contributed by atoms with Crippen LogP contribution < -0.4 is 5.32 Å². The maximum absolute atomic E-state index is 12.7. The number of nitrogens with one attached hydrogen (secondary N) is 1. The van der Waals surface area contributed by atoms with Crippen LogP contribution in [0.4, 0.5) is 5.13 Å². The molecule has 1 aromatic carbocycles. The van der Waals surface area contributed by atoms with Gasteiger partial charge >= 0.3 is 0 Å². The van der Waals surface area contributed by atoms with E-state index in [0.717, 1.165) is 24.8 Å². The van der Waals surface area contributed by atoms with Gasteiger partial charge in [-0.25, -0.2) is 13.4 Å². The van der Waals surface area contributed by atoms with E-state index in [0.29, 0.717) is 33.7 Å². The van der Waals surface area contributed by atoms with E-state index in [-0.39, 0.29) is 5.91 Å². The van der Waals surface area contributed by atoms with E-state index >= 15 is 0 Å². The number of nitrogens with zero attached hydrogens (tertiary/aromatic N) is 2. The number of thiazole rings is 1. The third kappa shape index (κ3) is 4.02. The van der Waals surface area contributed by atoms with Gasteiger partial charge in [-0.15, -0.1) is 22.7 Å². The second kappa shape index (κ2) is 8.12. The summed E-state index contributed by atoms with van der Waals surface area (Å²) in [6, 6.07) is 10.4. The molecule has 0 aliphatic carbocycles. The largest absolute Gasteiger partial charge is 0.297 e. The molecule has 0 spiro atoms. The number of thiophene rings is 1. The summed E-state index contributed by atoms with van der Waals surface area (Å²) < 4.78 is 27.0. The summed E-state index contributed by atoms with van der Waals surface area (Å²) in [6.45, 7) is 1.17. The van der Waals surface area contributed by atoms with Crippen LogP contribution in [-0.2, 0) is 10.0 Å². The Morgan fingerprint density at radius 2 is 1.79 bits per heavy atom. The van der Waals surface area contributed by atoms with Crippen LogP contribution in [0.1, 0.15) is 28.9 Å². The van der Waals surface area contributed by atoms with Crippen molar-refractivity contribution in [2.24, 2.45) is 0 Å². The fourth-order valence-electron chi connectivity index (χ4n) is 3.08. The van der Waals surface area contributed by atoms with Crippen molar-refractivity contribution in [3.63, 3.8) is 0 Å². The smallest absolute Gasteiger partial charge is 0.267 e. The highest BCUT2D eigenvalue weighted by atomic mass is 32.2. The zero-order valence-electron chi connectivity index (χ0n) is 15.0. The van der Waals surface area contributed by atoms with Crippen LogP contribution in [0, 0.1) is 0 Å². The quantitative estimate of drug-likeness (QED) is 0.651. The molecule has 0 bridgehead atoms. The molecule has 1 fully saturated rings. The normalized spacial score (nSPS) is 15.4. The van der Waals surface area contributed by atoms with Crippen molar-refractivity contribution in [1.82, 2.24) is 9.29 Å². The number of carbonyl (C=O) groups excluding carboxylic acids is 1. The highest BCUT2D eigenvalue weighted by Gasteiger charge is 2.25. The first-order chi connectivity index (χ1) is 13.5. The lowest BCUT2D eigenvalue weighted by molar-refractivity contribution is 0.103. The summed E-state index contributed by atoms with van der Waals surface area (Å²) in [5.74, 6) is -0.182. The molecule has 0 radical (unpaired) electrons. The zero-order valence-corrected chi connectivity index (χ0v) is 17.4. The van der Waals surface area contributed by atoms with Gasteiger partial charge in [0.05, 0.1) is 15.5 Å². The van der Waals surface area contributed by atoms with Crippen molar-refractivity contribution >= 4 is 43.7 Å². The van der Waals surface area contributed by atoms with E-state index in [9.17, 15) is 13.2 Å². The zero-order chi connectivity index (χ0) is 19.6. The molecule has 0 saturated carbocycles. The number of piperidine rings is 1. The van der Waals surface area contributed by atoms with Crippen molar-refractivity contribution in [2.45, 2.75) is 24.2 Å². The van der Waals surface area contributed by atoms with Crippen LogP contribution in [-0.4, -0.2) is 36.7 Å². The molecule has 6 nitrogen and oxygen atoms in total. The number of aromatic nitrogens is 1. The van der Waals surface area contributed by atoms with Crippen molar-refractivity contribution in [1.29, 1.82) is 0 Å². The van der Waals surface area contributed by atoms with Gasteiger partial charge in [-0.2, -0.15) is 4.31 Å². The minimum absolute atomic E-state index is 0.182. The third-order valence-electron chi connectivity index (χ3n) is 4.57. The molecule has 1 N–H and O–H groups in total. The summed E-state index contributed by atoms with van der Waals surface area (Å²) in [5, 5.41) is 7.00. The minimum atomic E-state index is -3.44. The predicted molar refractivity (Wildman–Crippen MR) is 112 cm³/mol. The van der Waals surface area contributed by atoms with Gasteiger partial charge in [0.25, 0.3) is 5.91 Å². The lowest BCUT2D eigenvalue weighted by atomic mass is 10.2. The molecule has 1 aliphatic heterocycles. The number of anilines is 1. The third-order valence-corrected chi connectivity index (χ3v) is 8.11. The standard InChI is InChI=1S/C19H19N3O3S3/c23-18(17-5-4-12-26-17)21-19-20-16(13-27-19)14-6-8-15(9-7-14)28(24,25)22-10-2-1-3-11-22/h4-9,12-13H,1-3,10-11H2,(H,20,21,23). The number of hydrogen-bond acceptors (Lipinski definition) is 6. The first-order valence-electron chi connectivity index (χ1n) is 8.95. The van der Waals surface area contributed by atoms with Crippen LogP contribution >= 0.6 is 22.7 Å². The monoisotopic (exact) mass is 433 g/mol. The van der Waals surface area contributed by atoms with E-state index in [1.807, 2.05) is 16.8 Å². The number of sulfonamides is 1. The predicted octanol–water partition coefficient (Wildman–Crippen LogP) is 4.30. The number of benzene rings is 1. The molecule has 3 heterocycles. The molecule has 1 aliphatic rings. The lowest BCUT2D eigenvalue weighted by Crippen LogP contribution is -2.35. The number of amides is 1.